The Morgan fingerprint density at radius 3 is 2.67 bits per heavy atom. The van der Waals surface area contributed by atoms with E-state index in [0.29, 0.717) is 12.6 Å². The fourth-order valence-electron chi connectivity index (χ4n) is 3.27. The topological polar surface area (TPSA) is 49.4 Å². The van der Waals surface area contributed by atoms with E-state index in [-0.39, 0.29) is 29.8 Å². The number of para-hydroxylation sites is 1. The number of nitrogens with one attached hydrogen (secondary N) is 1. The Morgan fingerprint density at radius 2 is 1.95 bits per heavy atom. The first-order valence-electron chi connectivity index (χ1n) is 7.50. The molecule has 1 saturated carbocycles. The first kappa shape index (κ1) is 14.0. The van der Waals surface area contributed by atoms with Crippen LogP contribution in [0.4, 0.5) is 10.1 Å². The molecule has 2 amide bonds. The fourth-order valence-corrected chi connectivity index (χ4v) is 3.27. The molecule has 1 N–H and O–H groups in total. The number of amides is 2. The minimum absolute atomic E-state index is 0.0515. The van der Waals surface area contributed by atoms with Crippen molar-refractivity contribution < 1.29 is 14.0 Å². The molecule has 4 nitrogen and oxygen atoms in total. The van der Waals surface area contributed by atoms with Gasteiger partial charge in [-0.3, -0.25) is 9.59 Å². The number of hydrogen-bond donors (Lipinski definition) is 1. The number of rotatable bonds is 3. The molecule has 0 aromatic heterocycles. The van der Waals surface area contributed by atoms with Crippen molar-refractivity contribution in [3.05, 3.63) is 30.1 Å². The number of likely N-dealkylation sites (tertiary alicyclic amines) is 1. The molecule has 1 aliphatic carbocycles. The van der Waals surface area contributed by atoms with Crippen LogP contribution in [0.15, 0.2) is 24.3 Å². The van der Waals surface area contributed by atoms with Crippen LogP contribution in [0.3, 0.4) is 0 Å². The van der Waals surface area contributed by atoms with Crippen LogP contribution in [0.5, 0.6) is 0 Å². The maximum Gasteiger partial charge on any atom is 0.229 e. The van der Waals surface area contributed by atoms with Crippen LogP contribution in [-0.4, -0.2) is 29.3 Å². The third-order valence-corrected chi connectivity index (χ3v) is 4.43. The predicted octanol–water partition coefficient (Wildman–Crippen LogP) is 2.56. The maximum atomic E-state index is 13.5. The van der Waals surface area contributed by atoms with E-state index in [1.165, 1.54) is 12.1 Å². The number of halogens is 1. The monoisotopic (exact) mass is 290 g/mol. The van der Waals surface area contributed by atoms with Gasteiger partial charge in [0.05, 0.1) is 11.6 Å². The van der Waals surface area contributed by atoms with Crippen LogP contribution in [0.1, 0.15) is 32.1 Å². The van der Waals surface area contributed by atoms with Crippen molar-refractivity contribution in [3.63, 3.8) is 0 Å². The molecule has 0 bridgehead atoms. The molecular weight excluding hydrogens is 271 g/mol. The Hall–Kier alpha value is -1.91. The Balaban J connectivity index is 1.64. The molecule has 1 aromatic rings. The lowest BCUT2D eigenvalue weighted by Crippen LogP contribution is -2.35. The largest absolute Gasteiger partial charge is 0.339 e. The minimum atomic E-state index is -0.456. The molecule has 112 valence electrons. The van der Waals surface area contributed by atoms with E-state index in [4.69, 9.17) is 0 Å². The maximum absolute atomic E-state index is 13.5. The summed E-state index contributed by atoms with van der Waals surface area (Å²) in [5.41, 5.74) is 0.175. The normalized spacial score (nSPS) is 22.8. The lowest BCUT2D eigenvalue weighted by atomic mass is 10.1. The average Bonchev–Trinajstić information content (AvgIpc) is 3.10. The molecule has 5 heteroatoms. The zero-order valence-corrected chi connectivity index (χ0v) is 11.8. The standard InChI is InChI=1S/C16H19FN2O2/c17-13-7-3-4-8-14(13)18-16(21)11-9-15(20)19(10-11)12-5-1-2-6-12/h3-4,7-8,11-12H,1-2,5-6,9-10H2,(H,18,21). The van der Waals surface area contributed by atoms with E-state index in [2.05, 4.69) is 5.32 Å². The predicted molar refractivity (Wildman–Crippen MR) is 77.1 cm³/mol. The number of carbonyl (C=O) groups excluding carboxylic acids is 2. The minimum Gasteiger partial charge on any atom is -0.339 e. The molecule has 1 aromatic carbocycles. The Kier molecular flexibility index (Phi) is 3.90. The van der Waals surface area contributed by atoms with Crippen molar-refractivity contribution in [3.8, 4) is 0 Å². The van der Waals surface area contributed by atoms with Crippen LogP contribution < -0.4 is 5.32 Å². The molecule has 2 fully saturated rings. The Bertz CT molecular complexity index is 555. The van der Waals surface area contributed by atoms with Gasteiger partial charge in [-0.1, -0.05) is 25.0 Å². The average molecular weight is 290 g/mol. The third-order valence-electron chi connectivity index (χ3n) is 4.43. The molecule has 1 atom stereocenters. The van der Waals surface area contributed by atoms with Crippen LogP contribution in [0, 0.1) is 11.7 Å². The summed E-state index contributed by atoms with van der Waals surface area (Å²) in [5, 5.41) is 2.59. The molecule has 0 radical (unpaired) electrons. The van der Waals surface area contributed by atoms with Gasteiger partial charge < -0.3 is 10.2 Å². The van der Waals surface area contributed by atoms with E-state index in [1.54, 1.807) is 12.1 Å². The second-order valence-electron chi connectivity index (χ2n) is 5.85. The third kappa shape index (κ3) is 2.91. The van der Waals surface area contributed by atoms with Gasteiger partial charge in [0.15, 0.2) is 0 Å². The van der Waals surface area contributed by atoms with Crippen molar-refractivity contribution in [1.82, 2.24) is 4.90 Å². The Labute approximate surface area is 123 Å². The molecule has 2 aliphatic rings. The quantitative estimate of drug-likeness (QED) is 0.930. The first-order chi connectivity index (χ1) is 10.1. The molecule has 1 aliphatic heterocycles. The summed E-state index contributed by atoms with van der Waals surface area (Å²) >= 11 is 0. The molecule has 21 heavy (non-hydrogen) atoms. The van der Waals surface area contributed by atoms with E-state index < -0.39 is 5.82 Å². The van der Waals surface area contributed by atoms with Gasteiger partial charge >= 0.3 is 0 Å². The first-order valence-corrected chi connectivity index (χ1v) is 7.50. The number of hydrogen-bond acceptors (Lipinski definition) is 2. The Morgan fingerprint density at radius 1 is 1.24 bits per heavy atom. The molecule has 0 spiro atoms. The highest BCUT2D eigenvalue weighted by Gasteiger charge is 2.38. The fraction of sp³-hybridized carbons (Fsp3) is 0.500. The van der Waals surface area contributed by atoms with Crippen LogP contribution in [0.25, 0.3) is 0 Å². The molecular formula is C16H19FN2O2. The van der Waals surface area contributed by atoms with Gasteiger partial charge in [0.2, 0.25) is 11.8 Å². The molecule has 1 heterocycles. The highest BCUT2D eigenvalue weighted by atomic mass is 19.1. The van der Waals surface area contributed by atoms with Crippen molar-refractivity contribution >= 4 is 17.5 Å². The summed E-state index contributed by atoms with van der Waals surface area (Å²) < 4.78 is 13.5. The molecule has 1 saturated heterocycles. The highest BCUT2D eigenvalue weighted by molar-refractivity contribution is 5.97. The molecule has 1 unspecified atom stereocenters. The lowest BCUT2D eigenvalue weighted by Gasteiger charge is -2.23. The van der Waals surface area contributed by atoms with Crippen molar-refractivity contribution in [1.29, 1.82) is 0 Å². The van der Waals surface area contributed by atoms with Gasteiger partial charge in [0.25, 0.3) is 0 Å². The summed E-state index contributed by atoms with van der Waals surface area (Å²) in [6, 6.07) is 6.37. The lowest BCUT2D eigenvalue weighted by molar-refractivity contribution is -0.129. The van der Waals surface area contributed by atoms with Gasteiger partial charge in [0, 0.05) is 19.0 Å². The van der Waals surface area contributed by atoms with Gasteiger partial charge in [-0.05, 0) is 25.0 Å². The second kappa shape index (κ2) is 5.84. The second-order valence-corrected chi connectivity index (χ2v) is 5.85. The van der Waals surface area contributed by atoms with Gasteiger partial charge in [-0.15, -0.1) is 0 Å². The highest BCUT2D eigenvalue weighted by Crippen LogP contribution is 2.30. The van der Waals surface area contributed by atoms with Crippen LogP contribution in [-0.2, 0) is 9.59 Å². The van der Waals surface area contributed by atoms with E-state index in [0.717, 1.165) is 25.7 Å². The zero-order valence-electron chi connectivity index (χ0n) is 11.8. The van der Waals surface area contributed by atoms with Crippen molar-refractivity contribution in [2.24, 2.45) is 5.92 Å². The zero-order chi connectivity index (χ0) is 14.8. The number of carbonyl (C=O) groups is 2. The van der Waals surface area contributed by atoms with E-state index in [9.17, 15) is 14.0 Å². The van der Waals surface area contributed by atoms with Crippen LogP contribution in [0.2, 0.25) is 0 Å². The summed E-state index contributed by atoms with van der Waals surface area (Å²) in [6.07, 6.45) is 4.61. The summed E-state index contributed by atoms with van der Waals surface area (Å²) in [5.74, 6) is -1.05. The molecule has 3 rings (SSSR count). The summed E-state index contributed by atoms with van der Waals surface area (Å²) in [4.78, 5) is 26.1. The van der Waals surface area contributed by atoms with Crippen LogP contribution >= 0.6 is 0 Å². The van der Waals surface area contributed by atoms with E-state index in [1.807, 2.05) is 4.90 Å². The SMILES string of the molecule is O=C(Nc1ccccc1F)C1CC(=O)N(C2CCCC2)C1. The number of nitrogens with zero attached hydrogens (tertiary/aromatic N) is 1. The van der Waals surface area contributed by atoms with Gasteiger partial charge in [-0.2, -0.15) is 0 Å². The summed E-state index contributed by atoms with van der Waals surface area (Å²) in [7, 11) is 0. The van der Waals surface area contributed by atoms with E-state index >= 15 is 0 Å². The van der Waals surface area contributed by atoms with Crippen molar-refractivity contribution in [2.75, 3.05) is 11.9 Å². The van der Waals surface area contributed by atoms with Gasteiger partial charge in [0.1, 0.15) is 5.82 Å². The summed E-state index contributed by atoms with van der Waals surface area (Å²) in [6.45, 7) is 0.462. The number of benzene rings is 1. The number of anilines is 1. The van der Waals surface area contributed by atoms with Crippen molar-refractivity contribution in [2.45, 2.75) is 38.1 Å². The van der Waals surface area contributed by atoms with Gasteiger partial charge in [-0.25, -0.2) is 4.39 Å². The smallest absolute Gasteiger partial charge is 0.229 e.